The van der Waals surface area contributed by atoms with Crippen LogP contribution in [0.1, 0.15) is 44.6 Å². The molecule has 1 aliphatic heterocycles. The average molecular weight is 309 g/mol. The van der Waals surface area contributed by atoms with Crippen LogP contribution in [0.25, 0.3) is 0 Å². The molecule has 1 amide bonds. The van der Waals surface area contributed by atoms with Gasteiger partial charge in [-0.15, -0.1) is 0 Å². The van der Waals surface area contributed by atoms with Gasteiger partial charge in [0.05, 0.1) is 16.8 Å². The number of halogens is 1. The van der Waals surface area contributed by atoms with Crippen molar-refractivity contribution < 1.29 is 4.79 Å². The minimum absolute atomic E-state index is 0.0249. The number of carbonyl (C=O) groups is 1. The maximum Gasteiger partial charge on any atom is 0.241 e. The lowest BCUT2D eigenvalue weighted by atomic mass is 10.1. The number of unbranched alkanes of at least 4 members (excludes halogenated alkanes) is 1. The van der Waals surface area contributed by atoms with Crippen molar-refractivity contribution in [2.45, 2.75) is 52.0 Å². The highest BCUT2D eigenvalue weighted by molar-refractivity contribution is 6.34. The highest BCUT2D eigenvalue weighted by Gasteiger charge is 2.28. The molecular weight excluding hydrogens is 284 g/mol. The number of amides is 1. The first kappa shape index (κ1) is 16.3. The summed E-state index contributed by atoms with van der Waals surface area (Å²) in [5.74, 6) is 0.0848. The van der Waals surface area contributed by atoms with Gasteiger partial charge in [0.1, 0.15) is 0 Å². The second-order valence-corrected chi connectivity index (χ2v) is 6.23. The van der Waals surface area contributed by atoms with Gasteiger partial charge in [-0.2, -0.15) is 0 Å². The van der Waals surface area contributed by atoms with E-state index < -0.39 is 0 Å². The van der Waals surface area contributed by atoms with E-state index in [0.717, 1.165) is 43.6 Å². The van der Waals surface area contributed by atoms with Gasteiger partial charge in [0.15, 0.2) is 0 Å². The van der Waals surface area contributed by atoms with E-state index in [2.05, 4.69) is 17.1 Å². The molecule has 1 N–H and O–H groups in total. The minimum atomic E-state index is -0.0249. The summed E-state index contributed by atoms with van der Waals surface area (Å²) in [6.45, 7) is 6.20. The molecule has 4 heteroatoms. The highest BCUT2D eigenvalue weighted by atomic mass is 35.5. The Balaban J connectivity index is 2.10. The molecule has 2 rings (SSSR count). The van der Waals surface area contributed by atoms with Gasteiger partial charge in [0.2, 0.25) is 5.91 Å². The Labute approximate surface area is 132 Å². The van der Waals surface area contributed by atoms with Gasteiger partial charge in [0.25, 0.3) is 0 Å². The maximum absolute atomic E-state index is 12.7. The average Bonchev–Trinajstić information content (AvgIpc) is 2.97. The van der Waals surface area contributed by atoms with Crippen molar-refractivity contribution in [1.29, 1.82) is 0 Å². The van der Waals surface area contributed by atoms with Gasteiger partial charge in [-0.05, 0) is 50.9 Å². The van der Waals surface area contributed by atoms with Crippen LogP contribution in [0.15, 0.2) is 18.2 Å². The number of hydrogen-bond donors (Lipinski definition) is 1. The SMILES string of the molecule is CCCCC(C(=O)Nc1c(C)cccc1Cl)N1CCCC1. The van der Waals surface area contributed by atoms with Crippen molar-refractivity contribution in [1.82, 2.24) is 4.90 Å². The summed E-state index contributed by atoms with van der Waals surface area (Å²) < 4.78 is 0. The quantitative estimate of drug-likeness (QED) is 0.852. The molecule has 1 fully saturated rings. The van der Waals surface area contributed by atoms with Gasteiger partial charge in [-0.25, -0.2) is 0 Å². The lowest BCUT2D eigenvalue weighted by molar-refractivity contribution is -0.121. The first-order valence-corrected chi connectivity index (χ1v) is 8.31. The number of likely N-dealkylation sites (tertiary alicyclic amines) is 1. The molecule has 1 aromatic carbocycles. The normalized spacial score (nSPS) is 16.9. The van der Waals surface area contributed by atoms with Gasteiger partial charge >= 0.3 is 0 Å². The van der Waals surface area contributed by atoms with Crippen LogP contribution < -0.4 is 5.32 Å². The van der Waals surface area contributed by atoms with Gasteiger partial charge in [-0.3, -0.25) is 9.69 Å². The predicted molar refractivity (Wildman–Crippen MR) is 88.9 cm³/mol. The molecule has 1 saturated heterocycles. The van der Waals surface area contributed by atoms with Crippen LogP contribution in [0.5, 0.6) is 0 Å². The number of aryl methyl sites for hydroxylation is 1. The molecule has 0 aliphatic carbocycles. The molecule has 0 radical (unpaired) electrons. The smallest absolute Gasteiger partial charge is 0.241 e. The Kier molecular flexibility index (Phi) is 6.07. The Morgan fingerprint density at radius 3 is 2.71 bits per heavy atom. The van der Waals surface area contributed by atoms with E-state index in [9.17, 15) is 4.79 Å². The summed E-state index contributed by atoms with van der Waals surface area (Å²) in [5, 5.41) is 3.66. The molecule has 0 saturated carbocycles. The van der Waals surface area contributed by atoms with Gasteiger partial charge in [-0.1, -0.05) is 43.5 Å². The molecule has 1 unspecified atom stereocenters. The fraction of sp³-hybridized carbons (Fsp3) is 0.588. The number of rotatable bonds is 6. The summed E-state index contributed by atoms with van der Waals surface area (Å²) in [6.07, 6.45) is 5.51. The maximum atomic E-state index is 12.7. The monoisotopic (exact) mass is 308 g/mol. The van der Waals surface area contributed by atoms with Crippen molar-refractivity contribution >= 4 is 23.2 Å². The number of hydrogen-bond acceptors (Lipinski definition) is 2. The van der Waals surface area contributed by atoms with Crippen LogP contribution in [0.4, 0.5) is 5.69 Å². The molecule has 0 bridgehead atoms. The Morgan fingerprint density at radius 2 is 2.10 bits per heavy atom. The molecule has 116 valence electrons. The summed E-state index contributed by atoms with van der Waals surface area (Å²) in [5.41, 5.74) is 1.76. The second kappa shape index (κ2) is 7.81. The number of carbonyl (C=O) groups excluding carboxylic acids is 1. The first-order valence-electron chi connectivity index (χ1n) is 7.93. The van der Waals surface area contributed by atoms with Crippen LogP contribution in [-0.4, -0.2) is 29.9 Å². The second-order valence-electron chi connectivity index (χ2n) is 5.82. The zero-order valence-electron chi connectivity index (χ0n) is 13.0. The van der Waals surface area contributed by atoms with Crippen LogP contribution in [-0.2, 0) is 4.79 Å². The number of nitrogens with zero attached hydrogens (tertiary/aromatic N) is 1. The molecule has 1 heterocycles. The molecule has 1 atom stereocenters. The minimum Gasteiger partial charge on any atom is -0.323 e. The van der Waals surface area contributed by atoms with Gasteiger partial charge < -0.3 is 5.32 Å². The summed E-state index contributed by atoms with van der Waals surface area (Å²) in [7, 11) is 0. The number of anilines is 1. The third-order valence-corrected chi connectivity index (χ3v) is 4.50. The molecule has 0 aromatic heterocycles. The van der Waals surface area contributed by atoms with E-state index in [1.165, 1.54) is 12.8 Å². The number of para-hydroxylation sites is 1. The van der Waals surface area contributed by atoms with Crippen molar-refractivity contribution in [3.8, 4) is 0 Å². The zero-order chi connectivity index (χ0) is 15.2. The predicted octanol–water partition coefficient (Wildman–Crippen LogP) is 4.24. The van der Waals surface area contributed by atoms with Crippen LogP contribution in [0, 0.1) is 6.92 Å². The van der Waals surface area contributed by atoms with Crippen LogP contribution >= 0.6 is 11.6 Å². The number of benzene rings is 1. The Bertz CT molecular complexity index is 463. The van der Waals surface area contributed by atoms with Crippen molar-refractivity contribution in [3.05, 3.63) is 28.8 Å². The molecular formula is C17H25ClN2O. The molecule has 21 heavy (non-hydrogen) atoms. The topological polar surface area (TPSA) is 32.3 Å². The third kappa shape index (κ3) is 4.21. The summed E-state index contributed by atoms with van der Waals surface area (Å²) in [4.78, 5) is 15.0. The van der Waals surface area contributed by atoms with Crippen LogP contribution in [0.2, 0.25) is 5.02 Å². The fourth-order valence-corrected chi connectivity index (χ4v) is 3.20. The summed E-state index contributed by atoms with van der Waals surface area (Å²) >= 11 is 6.21. The van der Waals surface area contributed by atoms with E-state index in [-0.39, 0.29) is 11.9 Å². The van der Waals surface area contributed by atoms with Crippen molar-refractivity contribution in [2.24, 2.45) is 0 Å². The highest BCUT2D eigenvalue weighted by Crippen LogP contribution is 2.26. The lowest BCUT2D eigenvalue weighted by Crippen LogP contribution is -2.42. The fourth-order valence-electron chi connectivity index (χ4n) is 2.93. The van der Waals surface area contributed by atoms with E-state index in [4.69, 9.17) is 11.6 Å². The van der Waals surface area contributed by atoms with E-state index >= 15 is 0 Å². The molecule has 3 nitrogen and oxygen atoms in total. The van der Waals surface area contributed by atoms with E-state index in [1.807, 2.05) is 25.1 Å². The molecule has 0 spiro atoms. The third-order valence-electron chi connectivity index (χ3n) is 4.19. The van der Waals surface area contributed by atoms with Crippen molar-refractivity contribution in [3.63, 3.8) is 0 Å². The standard InChI is InChI=1S/C17H25ClN2O/c1-3-4-10-15(20-11-5-6-12-20)17(21)19-16-13(2)8-7-9-14(16)18/h7-9,15H,3-6,10-12H2,1-2H3,(H,19,21). The van der Waals surface area contributed by atoms with Gasteiger partial charge in [0, 0.05) is 0 Å². The first-order chi connectivity index (χ1) is 10.1. The Morgan fingerprint density at radius 1 is 1.38 bits per heavy atom. The molecule has 1 aliphatic rings. The van der Waals surface area contributed by atoms with Crippen LogP contribution in [0.3, 0.4) is 0 Å². The number of nitrogens with one attached hydrogen (secondary N) is 1. The van der Waals surface area contributed by atoms with Crippen molar-refractivity contribution in [2.75, 3.05) is 18.4 Å². The summed E-state index contributed by atoms with van der Waals surface area (Å²) in [6, 6.07) is 5.67. The largest absolute Gasteiger partial charge is 0.323 e. The zero-order valence-corrected chi connectivity index (χ0v) is 13.7. The van der Waals surface area contributed by atoms with E-state index in [0.29, 0.717) is 5.02 Å². The van der Waals surface area contributed by atoms with E-state index in [1.54, 1.807) is 0 Å². The Hall–Kier alpha value is -1.06. The molecule has 1 aromatic rings. The lowest BCUT2D eigenvalue weighted by Gasteiger charge is -2.27.